The maximum Gasteiger partial charge on any atom is 0.277 e. The largest absolute Gasteiger partial charge is 0.321 e. The lowest BCUT2D eigenvalue weighted by Gasteiger charge is -2.11. The van der Waals surface area contributed by atoms with Crippen molar-refractivity contribution in [3.8, 4) is 0 Å². The van der Waals surface area contributed by atoms with Crippen LogP contribution in [0.25, 0.3) is 21.8 Å². The fourth-order valence-electron chi connectivity index (χ4n) is 3.01. The molecule has 4 rings (SSSR count). The summed E-state index contributed by atoms with van der Waals surface area (Å²) in [6.45, 7) is 0. The standard InChI is InChI=1S/C19H11N5O5/c25-19(12-7-13(23(26)27)10-14(8-12)24(28)29)22-16-9-11-3-1-5-20-17(11)18-15(16)4-2-6-21-18/h1-10H,(H,22,25). The molecule has 0 spiro atoms. The zero-order valence-electron chi connectivity index (χ0n) is 14.6. The SMILES string of the molecule is O=C(Nc1cc2cccnc2c2ncccc12)c1cc([N+](=O)[O-])cc([N+](=O)[O-])c1. The second-order valence-corrected chi connectivity index (χ2v) is 6.11. The molecule has 0 bridgehead atoms. The van der Waals surface area contributed by atoms with Crippen LogP contribution in [0.15, 0.2) is 60.9 Å². The number of nitrogens with one attached hydrogen (secondary N) is 1. The van der Waals surface area contributed by atoms with E-state index in [1.54, 1.807) is 36.7 Å². The summed E-state index contributed by atoms with van der Waals surface area (Å²) < 4.78 is 0. The first-order valence-electron chi connectivity index (χ1n) is 8.32. The van der Waals surface area contributed by atoms with E-state index in [2.05, 4.69) is 15.3 Å². The van der Waals surface area contributed by atoms with Crippen molar-refractivity contribution in [2.75, 3.05) is 5.32 Å². The number of rotatable bonds is 4. The van der Waals surface area contributed by atoms with Gasteiger partial charge in [-0.05, 0) is 24.3 Å². The van der Waals surface area contributed by atoms with E-state index in [0.717, 1.165) is 23.6 Å². The number of anilines is 1. The number of fused-ring (bicyclic) bond motifs is 3. The Morgan fingerprint density at radius 3 is 2.14 bits per heavy atom. The van der Waals surface area contributed by atoms with Crippen LogP contribution in [0.3, 0.4) is 0 Å². The predicted octanol–water partition coefficient (Wildman–Crippen LogP) is 3.85. The van der Waals surface area contributed by atoms with E-state index in [4.69, 9.17) is 0 Å². The van der Waals surface area contributed by atoms with Crippen LogP contribution in [0.2, 0.25) is 0 Å². The van der Waals surface area contributed by atoms with Crippen LogP contribution in [0.4, 0.5) is 17.1 Å². The van der Waals surface area contributed by atoms with E-state index in [-0.39, 0.29) is 5.56 Å². The van der Waals surface area contributed by atoms with E-state index in [1.807, 2.05) is 6.07 Å². The van der Waals surface area contributed by atoms with Crippen LogP contribution >= 0.6 is 0 Å². The maximum atomic E-state index is 12.8. The molecule has 4 aromatic rings. The van der Waals surface area contributed by atoms with Crippen LogP contribution < -0.4 is 5.32 Å². The van der Waals surface area contributed by atoms with Gasteiger partial charge in [0, 0.05) is 35.3 Å². The highest BCUT2D eigenvalue weighted by Crippen LogP contribution is 2.30. The molecule has 0 unspecified atom stereocenters. The Labute approximate surface area is 162 Å². The minimum absolute atomic E-state index is 0.200. The second-order valence-electron chi connectivity index (χ2n) is 6.11. The normalized spacial score (nSPS) is 10.8. The Bertz CT molecular complexity index is 1290. The summed E-state index contributed by atoms with van der Waals surface area (Å²) in [5, 5.41) is 26.2. The van der Waals surface area contributed by atoms with Crippen molar-refractivity contribution < 1.29 is 14.6 Å². The fraction of sp³-hybridized carbons (Fsp3) is 0. The van der Waals surface area contributed by atoms with Gasteiger partial charge in [-0.1, -0.05) is 6.07 Å². The highest BCUT2D eigenvalue weighted by Gasteiger charge is 2.20. The lowest BCUT2D eigenvalue weighted by Crippen LogP contribution is -2.13. The molecule has 142 valence electrons. The van der Waals surface area contributed by atoms with Crippen molar-refractivity contribution in [3.63, 3.8) is 0 Å². The van der Waals surface area contributed by atoms with Crippen molar-refractivity contribution >= 4 is 44.8 Å². The summed E-state index contributed by atoms with van der Waals surface area (Å²) >= 11 is 0. The van der Waals surface area contributed by atoms with E-state index < -0.39 is 27.1 Å². The molecular formula is C19H11N5O5. The molecule has 1 amide bonds. The van der Waals surface area contributed by atoms with Gasteiger partial charge < -0.3 is 5.32 Å². The lowest BCUT2D eigenvalue weighted by molar-refractivity contribution is -0.394. The third kappa shape index (κ3) is 3.30. The second kappa shape index (κ2) is 6.93. The Balaban J connectivity index is 1.82. The molecule has 10 nitrogen and oxygen atoms in total. The van der Waals surface area contributed by atoms with Gasteiger partial charge in [-0.2, -0.15) is 0 Å². The highest BCUT2D eigenvalue weighted by atomic mass is 16.6. The molecule has 0 saturated heterocycles. The van der Waals surface area contributed by atoms with Gasteiger partial charge in [0.05, 0.1) is 38.2 Å². The van der Waals surface area contributed by atoms with Crippen molar-refractivity contribution in [1.29, 1.82) is 0 Å². The summed E-state index contributed by atoms with van der Waals surface area (Å²) in [7, 11) is 0. The number of carbonyl (C=O) groups excluding carboxylic acids is 1. The first-order valence-corrected chi connectivity index (χ1v) is 8.32. The summed E-state index contributed by atoms with van der Waals surface area (Å²) in [4.78, 5) is 42.0. The first kappa shape index (κ1) is 17.9. The Morgan fingerprint density at radius 2 is 1.48 bits per heavy atom. The van der Waals surface area contributed by atoms with Crippen LogP contribution in [-0.2, 0) is 0 Å². The number of hydrogen-bond donors (Lipinski definition) is 1. The Morgan fingerprint density at radius 1 is 0.862 bits per heavy atom. The number of nitro benzene ring substituents is 2. The average Bonchev–Trinajstić information content (AvgIpc) is 2.73. The van der Waals surface area contributed by atoms with E-state index in [9.17, 15) is 25.0 Å². The molecular weight excluding hydrogens is 378 g/mol. The highest BCUT2D eigenvalue weighted by molar-refractivity contribution is 6.14. The van der Waals surface area contributed by atoms with Crippen molar-refractivity contribution in [2.45, 2.75) is 0 Å². The molecule has 0 aliphatic heterocycles. The summed E-state index contributed by atoms with van der Waals surface area (Å²) in [5.41, 5.74) is 0.358. The molecule has 0 aliphatic rings. The predicted molar refractivity (Wildman–Crippen MR) is 105 cm³/mol. The quantitative estimate of drug-likeness (QED) is 0.317. The van der Waals surface area contributed by atoms with Gasteiger partial charge in [-0.3, -0.25) is 35.0 Å². The zero-order chi connectivity index (χ0) is 20.5. The van der Waals surface area contributed by atoms with Crippen molar-refractivity contribution in [2.24, 2.45) is 0 Å². The number of nitrogens with zero attached hydrogens (tertiary/aromatic N) is 4. The molecule has 2 aromatic heterocycles. The topological polar surface area (TPSA) is 141 Å². The van der Waals surface area contributed by atoms with Crippen molar-refractivity contribution in [1.82, 2.24) is 9.97 Å². The van der Waals surface area contributed by atoms with Crippen LogP contribution in [-0.4, -0.2) is 25.7 Å². The number of amides is 1. The maximum absolute atomic E-state index is 12.8. The van der Waals surface area contributed by atoms with Gasteiger partial charge in [-0.15, -0.1) is 0 Å². The molecule has 0 saturated carbocycles. The van der Waals surface area contributed by atoms with Gasteiger partial charge in [0.15, 0.2) is 0 Å². The van der Waals surface area contributed by atoms with E-state index in [1.165, 1.54) is 0 Å². The summed E-state index contributed by atoms with van der Waals surface area (Å²) in [5.74, 6) is -0.717. The fourth-order valence-corrected chi connectivity index (χ4v) is 3.01. The van der Waals surface area contributed by atoms with Gasteiger partial charge in [0.2, 0.25) is 0 Å². The number of benzene rings is 2. The van der Waals surface area contributed by atoms with Gasteiger partial charge >= 0.3 is 0 Å². The van der Waals surface area contributed by atoms with E-state index >= 15 is 0 Å². The minimum Gasteiger partial charge on any atom is -0.321 e. The van der Waals surface area contributed by atoms with Crippen LogP contribution in [0, 0.1) is 20.2 Å². The van der Waals surface area contributed by atoms with Gasteiger partial charge in [0.25, 0.3) is 17.3 Å². The van der Waals surface area contributed by atoms with Crippen LogP contribution in [0.5, 0.6) is 0 Å². The molecule has 2 heterocycles. The molecule has 0 fully saturated rings. The minimum atomic E-state index is -0.787. The van der Waals surface area contributed by atoms with Gasteiger partial charge in [-0.25, -0.2) is 0 Å². The average molecular weight is 389 g/mol. The Kier molecular flexibility index (Phi) is 4.28. The third-order valence-corrected chi connectivity index (χ3v) is 4.30. The molecule has 10 heteroatoms. The van der Waals surface area contributed by atoms with Gasteiger partial charge in [0.1, 0.15) is 0 Å². The smallest absolute Gasteiger partial charge is 0.277 e. The summed E-state index contributed by atoms with van der Waals surface area (Å²) in [6, 6.07) is 11.5. The number of aromatic nitrogens is 2. The lowest BCUT2D eigenvalue weighted by atomic mass is 10.1. The zero-order valence-corrected chi connectivity index (χ0v) is 14.6. The number of hydrogen-bond acceptors (Lipinski definition) is 7. The summed E-state index contributed by atoms with van der Waals surface area (Å²) in [6.07, 6.45) is 3.24. The monoisotopic (exact) mass is 389 g/mol. The van der Waals surface area contributed by atoms with Crippen molar-refractivity contribution in [3.05, 3.63) is 86.7 Å². The molecule has 0 atom stereocenters. The number of non-ortho nitro benzene ring substituents is 2. The molecule has 1 N–H and O–H groups in total. The number of pyridine rings is 2. The van der Waals surface area contributed by atoms with E-state index in [0.29, 0.717) is 22.1 Å². The molecule has 29 heavy (non-hydrogen) atoms. The number of carbonyl (C=O) groups is 1. The molecule has 0 radical (unpaired) electrons. The Hall–Kier alpha value is -4.47. The molecule has 0 aliphatic carbocycles. The third-order valence-electron chi connectivity index (χ3n) is 4.30. The van der Waals surface area contributed by atoms with Crippen LogP contribution in [0.1, 0.15) is 10.4 Å². The number of nitro groups is 2. The molecule has 2 aromatic carbocycles. The first-order chi connectivity index (χ1) is 13.9.